The summed E-state index contributed by atoms with van der Waals surface area (Å²) in [5, 5.41) is 9.25. The predicted octanol–water partition coefficient (Wildman–Crippen LogP) is 1.86. The summed E-state index contributed by atoms with van der Waals surface area (Å²) in [6.45, 7) is 0. The van der Waals surface area contributed by atoms with E-state index < -0.39 is 0 Å². The standard InChI is InChI=1S/C11H10N2O2/c1-15-9-5-3-2-4-8(9)11-12-7-6-10(14)13-11/h2-7H,1H3,(H,12,13,14). The van der Waals surface area contributed by atoms with Crippen molar-refractivity contribution in [2.24, 2.45) is 0 Å². The van der Waals surface area contributed by atoms with Gasteiger partial charge in [0.05, 0.1) is 12.7 Å². The summed E-state index contributed by atoms with van der Waals surface area (Å²) in [7, 11) is 1.58. The molecule has 2 rings (SSSR count). The molecule has 1 aromatic carbocycles. The van der Waals surface area contributed by atoms with E-state index in [1.807, 2.05) is 24.3 Å². The number of aromatic hydroxyl groups is 1. The van der Waals surface area contributed by atoms with Crippen LogP contribution in [0.3, 0.4) is 0 Å². The second kappa shape index (κ2) is 3.96. The van der Waals surface area contributed by atoms with E-state index in [2.05, 4.69) is 9.97 Å². The number of nitrogens with zero attached hydrogens (tertiary/aromatic N) is 2. The van der Waals surface area contributed by atoms with Gasteiger partial charge in [-0.1, -0.05) is 12.1 Å². The summed E-state index contributed by atoms with van der Waals surface area (Å²) in [5.74, 6) is 1.08. The number of hydrogen-bond acceptors (Lipinski definition) is 4. The number of aromatic nitrogens is 2. The van der Waals surface area contributed by atoms with Gasteiger partial charge in [0.25, 0.3) is 0 Å². The van der Waals surface area contributed by atoms with Crippen LogP contribution in [0, 0.1) is 0 Å². The second-order valence-electron chi connectivity index (χ2n) is 2.94. The summed E-state index contributed by atoms with van der Waals surface area (Å²) in [5.41, 5.74) is 0.760. The van der Waals surface area contributed by atoms with Crippen LogP contribution in [0.4, 0.5) is 0 Å². The average Bonchev–Trinajstić information content (AvgIpc) is 2.29. The van der Waals surface area contributed by atoms with Crippen molar-refractivity contribution in [3.05, 3.63) is 36.5 Å². The fraction of sp³-hybridized carbons (Fsp3) is 0.0909. The smallest absolute Gasteiger partial charge is 0.214 e. The molecule has 2 aromatic rings. The van der Waals surface area contributed by atoms with Gasteiger partial charge in [-0.15, -0.1) is 0 Å². The summed E-state index contributed by atoms with van der Waals surface area (Å²) in [6, 6.07) is 8.83. The molecule has 1 heterocycles. The van der Waals surface area contributed by atoms with Crippen molar-refractivity contribution in [2.45, 2.75) is 0 Å². The molecule has 0 amide bonds. The normalized spacial score (nSPS) is 9.93. The molecular weight excluding hydrogens is 192 g/mol. The van der Waals surface area contributed by atoms with Crippen molar-refractivity contribution in [2.75, 3.05) is 7.11 Å². The Morgan fingerprint density at radius 1 is 1.20 bits per heavy atom. The minimum atomic E-state index is -0.0501. The van der Waals surface area contributed by atoms with Gasteiger partial charge >= 0.3 is 0 Å². The third-order valence-electron chi connectivity index (χ3n) is 1.99. The van der Waals surface area contributed by atoms with Gasteiger partial charge in [0.2, 0.25) is 5.88 Å². The van der Waals surface area contributed by atoms with Crippen LogP contribution < -0.4 is 4.74 Å². The van der Waals surface area contributed by atoms with Gasteiger partial charge in [-0.2, -0.15) is 4.98 Å². The number of rotatable bonds is 2. The first-order chi connectivity index (χ1) is 7.31. The predicted molar refractivity (Wildman–Crippen MR) is 55.7 cm³/mol. The highest BCUT2D eigenvalue weighted by Crippen LogP contribution is 2.26. The quantitative estimate of drug-likeness (QED) is 0.807. The lowest BCUT2D eigenvalue weighted by molar-refractivity contribution is 0.415. The van der Waals surface area contributed by atoms with Crippen molar-refractivity contribution in [1.29, 1.82) is 0 Å². The fourth-order valence-electron chi connectivity index (χ4n) is 1.31. The lowest BCUT2D eigenvalue weighted by Crippen LogP contribution is -1.92. The fourth-order valence-corrected chi connectivity index (χ4v) is 1.31. The van der Waals surface area contributed by atoms with Crippen LogP contribution >= 0.6 is 0 Å². The minimum Gasteiger partial charge on any atom is -0.496 e. The van der Waals surface area contributed by atoms with Gasteiger partial charge in [-0.3, -0.25) is 0 Å². The lowest BCUT2D eigenvalue weighted by Gasteiger charge is -2.06. The maximum Gasteiger partial charge on any atom is 0.214 e. The molecule has 0 saturated carbocycles. The van der Waals surface area contributed by atoms with Crippen LogP contribution in [0.5, 0.6) is 11.6 Å². The third-order valence-corrected chi connectivity index (χ3v) is 1.99. The maximum atomic E-state index is 9.25. The minimum absolute atomic E-state index is 0.0501. The highest BCUT2D eigenvalue weighted by molar-refractivity contribution is 5.63. The Balaban J connectivity index is 2.53. The first kappa shape index (κ1) is 9.45. The van der Waals surface area contributed by atoms with Crippen molar-refractivity contribution >= 4 is 0 Å². The van der Waals surface area contributed by atoms with E-state index in [4.69, 9.17) is 4.74 Å². The zero-order valence-corrected chi connectivity index (χ0v) is 8.21. The second-order valence-corrected chi connectivity index (χ2v) is 2.94. The van der Waals surface area contributed by atoms with Crippen LogP contribution in [0.1, 0.15) is 0 Å². The molecule has 0 aliphatic heterocycles. The van der Waals surface area contributed by atoms with E-state index in [-0.39, 0.29) is 5.88 Å². The zero-order chi connectivity index (χ0) is 10.7. The van der Waals surface area contributed by atoms with Crippen molar-refractivity contribution in [3.63, 3.8) is 0 Å². The molecule has 0 atom stereocenters. The molecule has 1 aromatic heterocycles. The first-order valence-corrected chi connectivity index (χ1v) is 4.46. The Labute approximate surface area is 87.2 Å². The molecular formula is C11H10N2O2. The van der Waals surface area contributed by atoms with Gasteiger partial charge in [0, 0.05) is 12.3 Å². The van der Waals surface area contributed by atoms with Crippen LogP contribution in [-0.2, 0) is 0 Å². The third kappa shape index (κ3) is 1.88. The monoisotopic (exact) mass is 202 g/mol. The molecule has 0 unspecified atom stereocenters. The summed E-state index contributed by atoms with van der Waals surface area (Å²) >= 11 is 0. The summed E-state index contributed by atoms with van der Waals surface area (Å²) < 4.78 is 5.18. The van der Waals surface area contributed by atoms with Gasteiger partial charge in [0.1, 0.15) is 5.75 Å². The largest absolute Gasteiger partial charge is 0.496 e. The Morgan fingerprint density at radius 3 is 2.73 bits per heavy atom. The van der Waals surface area contributed by atoms with Gasteiger partial charge in [-0.25, -0.2) is 4.98 Å². The average molecular weight is 202 g/mol. The van der Waals surface area contributed by atoms with E-state index in [1.165, 1.54) is 12.3 Å². The highest BCUT2D eigenvalue weighted by atomic mass is 16.5. The number of hydrogen-bond donors (Lipinski definition) is 1. The molecule has 0 radical (unpaired) electrons. The van der Waals surface area contributed by atoms with Crippen LogP contribution in [0.2, 0.25) is 0 Å². The van der Waals surface area contributed by atoms with Gasteiger partial charge in [-0.05, 0) is 12.1 Å². The number of methoxy groups -OCH3 is 1. The summed E-state index contributed by atoms with van der Waals surface area (Å²) in [6.07, 6.45) is 1.50. The van der Waals surface area contributed by atoms with E-state index >= 15 is 0 Å². The SMILES string of the molecule is COc1ccccc1-c1nccc(O)n1. The Bertz CT molecular complexity index is 472. The Hall–Kier alpha value is -2.10. The van der Waals surface area contributed by atoms with Gasteiger partial charge in [0.15, 0.2) is 5.82 Å². The summed E-state index contributed by atoms with van der Waals surface area (Å²) in [4.78, 5) is 7.98. The molecule has 1 N–H and O–H groups in total. The van der Waals surface area contributed by atoms with Crippen LogP contribution in [0.25, 0.3) is 11.4 Å². The van der Waals surface area contributed by atoms with E-state index in [9.17, 15) is 5.11 Å². The molecule has 0 saturated heterocycles. The number of ether oxygens (including phenoxy) is 1. The lowest BCUT2D eigenvalue weighted by atomic mass is 10.2. The molecule has 4 nitrogen and oxygen atoms in total. The van der Waals surface area contributed by atoms with Gasteiger partial charge < -0.3 is 9.84 Å². The Kier molecular flexibility index (Phi) is 2.49. The zero-order valence-electron chi connectivity index (χ0n) is 8.21. The van der Waals surface area contributed by atoms with Crippen LogP contribution in [-0.4, -0.2) is 22.2 Å². The molecule has 4 heteroatoms. The van der Waals surface area contributed by atoms with E-state index in [0.717, 1.165) is 5.56 Å². The van der Waals surface area contributed by atoms with E-state index in [0.29, 0.717) is 11.6 Å². The number of benzene rings is 1. The van der Waals surface area contributed by atoms with Crippen LogP contribution in [0.15, 0.2) is 36.5 Å². The molecule has 0 aliphatic rings. The molecule has 76 valence electrons. The molecule has 0 bridgehead atoms. The number of para-hydroxylation sites is 1. The molecule has 15 heavy (non-hydrogen) atoms. The van der Waals surface area contributed by atoms with Crippen molar-refractivity contribution < 1.29 is 9.84 Å². The highest BCUT2D eigenvalue weighted by Gasteiger charge is 2.07. The Morgan fingerprint density at radius 2 is 2.00 bits per heavy atom. The van der Waals surface area contributed by atoms with Crippen molar-refractivity contribution in [1.82, 2.24) is 9.97 Å². The molecule has 0 aliphatic carbocycles. The van der Waals surface area contributed by atoms with Crippen molar-refractivity contribution in [3.8, 4) is 23.0 Å². The first-order valence-electron chi connectivity index (χ1n) is 4.46. The molecule has 0 fully saturated rings. The maximum absolute atomic E-state index is 9.25. The molecule has 0 spiro atoms. The van der Waals surface area contributed by atoms with E-state index in [1.54, 1.807) is 7.11 Å². The topological polar surface area (TPSA) is 55.2 Å².